The molecule has 8 aromatic carbocycles. The lowest BCUT2D eigenvalue weighted by Gasteiger charge is -2.14. The van der Waals surface area contributed by atoms with Gasteiger partial charge in [0, 0.05) is 11.4 Å². The largest absolute Gasteiger partial charge is 0.356 e. The van der Waals surface area contributed by atoms with Crippen LogP contribution in [0.2, 0.25) is 0 Å². The molecule has 0 heterocycles. The Labute approximate surface area is 251 Å². The van der Waals surface area contributed by atoms with Crippen LogP contribution in [0, 0.1) is 0 Å². The fourth-order valence-corrected chi connectivity index (χ4v) is 6.38. The van der Waals surface area contributed by atoms with Crippen LogP contribution in [0.5, 0.6) is 0 Å². The molecule has 202 valence electrons. The molecule has 0 bridgehead atoms. The molecule has 1 nitrogen and oxygen atoms in total. The second kappa shape index (κ2) is 10.6. The minimum Gasteiger partial charge on any atom is -0.356 e. The van der Waals surface area contributed by atoms with Crippen LogP contribution >= 0.6 is 0 Å². The lowest BCUT2D eigenvalue weighted by Crippen LogP contribution is -1.92. The zero-order valence-electron chi connectivity index (χ0n) is 23.7. The van der Waals surface area contributed by atoms with E-state index in [-0.39, 0.29) is 0 Å². The Morgan fingerprint density at radius 3 is 1.63 bits per heavy atom. The van der Waals surface area contributed by atoms with E-state index >= 15 is 0 Å². The molecule has 0 aliphatic heterocycles. The SMILES string of the molecule is c1ccc(-c2ccccc2-c2ccc(Nc3ccc4c(-c5cc6ccccc6c6ccccc56)cccc4c3)cc2)cc1. The maximum atomic E-state index is 3.63. The van der Waals surface area contributed by atoms with Gasteiger partial charge in [0.05, 0.1) is 0 Å². The average molecular weight is 548 g/mol. The summed E-state index contributed by atoms with van der Waals surface area (Å²) in [5.41, 5.74) is 9.58. The van der Waals surface area contributed by atoms with E-state index in [1.807, 2.05) is 0 Å². The fraction of sp³-hybridized carbons (Fsp3) is 0. The molecule has 0 aliphatic carbocycles. The lowest BCUT2D eigenvalue weighted by atomic mass is 9.90. The van der Waals surface area contributed by atoms with Gasteiger partial charge < -0.3 is 5.32 Å². The summed E-state index contributed by atoms with van der Waals surface area (Å²) in [5, 5.41) is 11.2. The van der Waals surface area contributed by atoms with E-state index in [0.717, 1.165) is 11.4 Å². The second-order valence-corrected chi connectivity index (χ2v) is 11.0. The number of rotatable bonds is 5. The summed E-state index contributed by atoms with van der Waals surface area (Å²) in [6.45, 7) is 0. The summed E-state index contributed by atoms with van der Waals surface area (Å²) in [7, 11) is 0. The molecule has 0 aliphatic rings. The van der Waals surface area contributed by atoms with Crippen LogP contribution in [0.25, 0.3) is 65.7 Å². The highest BCUT2D eigenvalue weighted by atomic mass is 14.9. The topological polar surface area (TPSA) is 12.0 Å². The van der Waals surface area contributed by atoms with Gasteiger partial charge in [0.2, 0.25) is 0 Å². The molecule has 1 N–H and O–H groups in total. The van der Waals surface area contributed by atoms with Crippen molar-refractivity contribution in [2.45, 2.75) is 0 Å². The van der Waals surface area contributed by atoms with Gasteiger partial charge in [-0.2, -0.15) is 0 Å². The van der Waals surface area contributed by atoms with Crippen LogP contribution in [-0.4, -0.2) is 0 Å². The van der Waals surface area contributed by atoms with Crippen molar-refractivity contribution >= 4 is 43.7 Å². The zero-order valence-corrected chi connectivity index (χ0v) is 23.7. The number of hydrogen-bond acceptors (Lipinski definition) is 1. The van der Waals surface area contributed by atoms with E-state index in [2.05, 4.69) is 175 Å². The van der Waals surface area contributed by atoms with E-state index in [9.17, 15) is 0 Å². The standard InChI is InChI=1S/C42H29N/c1-2-11-29(12-3-1)35-15-6-7-16-36(35)30-21-23-33(24-22-30)43-34-25-26-38-31(27-34)14-10-20-40(38)42-28-32-13-4-5-17-37(32)39-18-8-9-19-41(39)42/h1-28,43H. The minimum atomic E-state index is 1.07. The summed E-state index contributed by atoms with van der Waals surface area (Å²) in [6, 6.07) is 61.0. The maximum absolute atomic E-state index is 3.63. The molecule has 0 saturated heterocycles. The fourth-order valence-electron chi connectivity index (χ4n) is 6.38. The first kappa shape index (κ1) is 25.1. The third-order valence-corrected chi connectivity index (χ3v) is 8.44. The van der Waals surface area contributed by atoms with Crippen LogP contribution in [0.4, 0.5) is 11.4 Å². The van der Waals surface area contributed by atoms with Crippen molar-refractivity contribution in [1.29, 1.82) is 0 Å². The molecular formula is C42H29N. The summed E-state index contributed by atoms with van der Waals surface area (Å²) in [4.78, 5) is 0. The van der Waals surface area contributed by atoms with Gasteiger partial charge in [0.15, 0.2) is 0 Å². The normalized spacial score (nSPS) is 11.3. The first-order chi connectivity index (χ1) is 21.3. The molecule has 0 radical (unpaired) electrons. The van der Waals surface area contributed by atoms with Crippen LogP contribution in [0.15, 0.2) is 170 Å². The molecule has 0 spiro atoms. The zero-order chi connectivity index (χ0) is 28.6. The van der Waals surface area contributed by atoms with Crippen molar-refractivity contribution in [3.8, 4) is 33.4 Å². The molecule has 0 aromatic heterocycles. The predicted molar refractivity (Wildman–Crippen MR) is 185 cm³/mol. The second-order valence-electron chi connectivity index (χ2n) is 11.0. The molecule has 0 unspecified atom stereocenters. The molecule has 0 amide bonds. The first-order valence-corrected chi connectivity index (χ1v) is 14.8. The predicted octanol–water partition coefficient (Wildman–Crippen LogP) is 11.9. The number of hydrogen-bond donors (Lipinski definition) is 1. The third kappa shape index (κ3) is 4.62. The van der Waals surface area contributed by atoms with Crippen molar-refractivity contribution in [2.75, 3.05) is 5.32 Å². The van der Waals surface area contributed by atoms with Gasteiger partial charge in [0.25, 0.3) is 0 Å². The summed E-state index contributed by atoms with van der Waals surface area (Å²) < 4.78 is 0. The van der Waals surface area contributed by atoms with Crippen molar-refractivity contribution in [3.63, 3.8) is 0 Å². The quantitative estimate of drug-likeness (QED) is 0.211. The van der Waals surface area contributed by atoms with Crippen molar-refractivity contribution in [2.24, 2.45) is 0 Å². The summed E-state index contributed by atoms with van der Waals surface area (Å²) in [5.74, 6) is 0. The Bertz CT molecular complexity index is 2250. The maximum Gasteiger partial charge on any atom is 0.0390 e. The minimum absolute atomic E-state index is 1.07. The molecule has 1 heteroatoms. The Morgan fingerprint density at radius 2 is 0.837 bits per heavy atom. The van der Waals surface area contributed by atoms with Gasteiger partial charge >= 0.3 is 0 Å². The Balaban J connectivity index is 1.13. The molecule has 0 fully saturated rings. The number of fused-ring (bicyclic) bond motifs is 4. The van der Waals surface area contributed by atoms with Crippen LogP contribution in [0.3, 0.4) is 0 Å². The van der Waals surface area contributed by atoms with Crippen molar-refractivity contribution in [1.82, 2.24) is 0 Å². The Hall–Kier alpha value is -5.66. The molecule has 8 rings (SSSR count). The molecule has 8 aromatic rings. The Kier molecular flexibility index (Phi) is 6.20. The number of nitrogens with one attached hydrogen (secondary N) is 1. The van der Waals surface area contributed by atoms with Crippen LogP contribution < -0.4 is 5.32 Å². The molecular weight excluding hydrogens is 518 g/mol. The number of anilines is 2. The monoisotopic (exact) mass is 547 g/mol. The van der Waals surface area contributed by atoms with Crippen molar-refractivity contribution < 1.29 is 0 Å². The van der Waals surface area contributed by atoms with Crippen LogP contribution in [-0.2, 0) is 0 Å². The highest BCUT2D eigenvalue weighted by molar-refractivity contribution is 6.16. The third-order valence-electron chi connectivity index (χ3n) is 8.44. The first-order valence-electron chi connectivity index (χ1n) is 14.8. The van der Waals surface area contributed by atoms with Gasteiger partial charge in [-0.1, -0.05) is 140 Å². The van der Waals surface area contributed by atoms with Gasteiger partial charge in [-0.15, -0.1) is 0 Å². The smallest absolute Gasteiger partial charge is 0.0390 e. The van der Waals surface area contributed by atoms with Gasteiger partial charge in [-0.3, -0.25) is 0 Å². The van der Waals surface area contributed by atoms with E-state index in [1.54, 1.807) is 0 Å². The molecule has 0 saturated carbocycles. The Morgan fingerprint density at radius 1 is 0.279 bits per heavy atom. The van der Waals surface area contributed by atoms with E-state index in [4.69, 9.17) is 0 Å². The molecule has 0 atom stereocenters. The lowest BCUT2D eigenvalue weighted by molar-refractivity contribution is 1.54. The van der Waals surface area contributed by atoms with Gasteiger partial charge in [0.1, 0.15) is 0 Å². The number of benzene rings is 8. The average Bonchev–Trinajstić information content (AvgIpc) is 3.08. The summed E-state index contributed by atoms with van der Waals surface area (Å²) in [6.07, 6.45) is 0. The van der Waals surface area contributed by atoms with E-state index < -0.39 is 0 Å². The van der Waals surface area contributed by atoms with Gasteiger partial charge in [-0.05, 0) is 96.0 Å². The summed E-state index contributed by atoms with van der Waals surface area (Å²) >= 11 is 0. The van der Waals surface area contributed by atoms with Crippen molar-refractivity contribution in [3.05, 3.63) is 170 Å². The van der Waals surface area contributed by atoms with E-state index in [1.165, 1.54) is 65.7 Å². The van der Waals surface area contributed by atoms with Gasteiger partial charge in [-0.25, -0.2) is 0 Å². The molecule has 43 heavy (non-hydrogen) atoms. The highest BCUT2D eigenvalue weighted by Crippen LogP contribution is 2.39. The van der Waals surface area contributed by atoms with E-state index in [0.29, 0.717) is 0 Å². The van der Waals surface area contributed by atoms with Crippen LogP contribution in [0.1, 0.15) is 0 Å². The highest BCUT2D eigenvalue weighted by Gasteiger charge is 2.12.